The van der Waals surface area contributed by atoms with Crippen LogP contribution in [0.25, 0.3) is 0 Å². The predicted octanol–water partition coefficient (Wildman–Crippen LogP) is 1.97. The second kappa shape index (κ2) is 5.57. The molecular formula is C14H28N2O2. The fourth-order valence-corrected chi connectivity index (χ4v) is 2.15. The molecule has 1 aliphatic rings. The molecule has 1 fully saturated rings. The molecule has 0 heterocycles. The van der Waals surface area contributed by atoms with Crippen molar-refractivity contribution in [2.24, 2.45) is 5.73 Å². The maximum atomic E-state index is 11.7. The van der Waals surface area contributed by atoms with E-state index in [2.05, 4.69) is 26.1 Å². The lowest BCUT2D eigenvalue weighted by Gasteiger charge is -2.34. The van der Waals surface area contributed by atoms with Gasteiger partial charge in [0.2, 0.25) is 5.91 Å². The highest BCUT2D eigenvalue weighted by atomic mass is 16.5. The molecule has 0 aromatic carbocycles. The standard InChI is InChI=1S/C14H28N2O2/c1-6-13(3,4)18-10(2)9-14(5,12(15)17)16-11-7-8-11/h10-11,16H,6-9H2,1-5H3,(H2,15,17). The smallest absolute Gasteiger partial charge is 0.237 e. The number of nitrogens with two attached hydrogens (primary N) is 1. The van der Waals surface area contributed by atoms with Gasteiger partial charge in [0, 0.05) is 12.5 Å². The monoisotopic (exact) mass is 256 g/mol. The number of primary amides is 1. The molecule has 1 saturated carbocycles. The van der Waals surface area contributed by atoms with Gasteiger partial charge in [-0.1, -0.05) is 6.92 Å². The molecule has 0 spiro atoms. The van der Waals surface area contributed by atoms with Crippen LogP contribution in [0, 0.1) is 0 Å². The lowest BCUT2D eigenvalue weighted by atomic mass is 9.93. The van der Waals surface area contributed by atoms with Crippen molar-refractivity contribution in [2.45, 2.75) is 83.6 Å². The van der Waals surface area contributed by atoms with Gasteiger partial charge in [0.1, 0.15) is 0 Å². The number of carbonyl (C=O) groups excluding carboxylic acids is 1. The summed E-state index contributed by atoms with van der Waals surface area (Å²) in [6, 6.07) is 0.453. The molecule has 0 aromatic heterocycles. The summed E-state index contributed by atoms with van der Waals surface area (Å²) in [5.74, 6) is -0.292. The lowest BCUT2D eigenvalue weighted by molar-refractivity contribution is -0.128. The number of rotatable bonds is 8. The van der Waals surface area contributed by atoms with Crippen molar-refractivity contribution < 1.29 is 9.53 Å². The maximum absolute atomic E-state index is 11.7. The zero-order valence-electron chi connectivity index (χ0n) is 12.4. The molecule has 2 unspecified atom stereocenters. The molecule has 0 radical (unpaired) electrons. The minimum Gasteiger partial charge on any atom is -0.373 e. The molecule has 1 rings (SSSR count). The van der Waals surface area contributed by atoms with Crippen molar-refractivity contribution in [3.8, 4) is 0 Å². The topological polar surface area (TPSA) is 64.3 Å². The molecule has 0 saturated heterocycles. The first-order valence-electron chi connectivity index (χ1n) is 6.94. The van der Waals surface area contributed by atoms with E-state index < -0.39 is 5.54 Å². The number of nitrogens with one attached hydrogen (secondary N) is 1. The number of ether oxygens (including phenoxy) is 1. The first-order valence-corrected chi connectivity index (χ1v) is 6.94. The molecule has 1 amide bonds. The zero-order chi connectivity index (χ0) is 14.0. The largest absolute Gasteiger partial charge is 0.373 e. The Morgan fingerprint density at radius 3 is 2.39 bits per heavy atom. The first kappa shape index (κ1) is 15.4. The van der Waals surface area contributed by atoms with Crippen molar-refractivity contribution in [1.82, 2.24) is 5.32 Å². The molecule has 0 aliphatic heterocycles. The zero-order valence-corrected chi connectivity index (χ0v) is 12.4. The Morgan fingerprint density at radius 1 is 1.44 bits per heavy atom. The number of hydrogen-bond donors (Lipinski definition) is 2. The molecule has 0 bridgehead atoms. The summed E-state index contributed by atoms with van der Waals surface area (Å²) in [4.78, 5) is 11.7. The number of carbonyl (C=O) groups is 1. The Morgan fingerprint density at radius 2 is 2.00 bits per heavy atom. The number of amides is 1. The van der Waals surface area contributed by atoms with Crippen LogP contribution in [0.3, 0.4) is 0 Å². The van der Waals surface area contributed by atoms with Gasteiger partial charge in [-0.15, -0.1) is 0 Å². The van der Waals surface area contributed by atoms with Gasteiger partial charge in [0.15, 0.2) is 0 Å². The van der Waals surface area contributed by atoms with Gasteiger partial charge >= 0.3 is 0 Å². The highest BCUT2D eigenvalue weighted by Gasteiger charge is 2.38. The summed E-state index contributed by atoms with van der Waals surface area (Å²) in [5, 5.41) is 3.35. The Bertz CT molecular complexity index is 300. The predicted molar refractivity (Wildman–Crippen MR) is 73.3 cm³/mol. The van der Waals surface area contributed by atoms with Crippen LogP contribution in [0.2, 0.25) is 0 Å². The molecular weight excluding hydrogens is 228 g/mol. The van der Waals surface area contributed by atoms with Crippen LogP contribution in [0.1, 0.15) is 60.3 Å². The minimum atomic E-state index is -0.662. The van der Waals surface area contributed by atoms with Gasteiger partial charge in [-0.2, -0.15) is 0 Å². The fraction of sp³-hybridized carbons (Fsp3) is 0.929. The van der Waals surface area contributed by atoms with Crippen molar-refractivity contribution in [3.05, 3.63) is 0 Å². The van der Waals surface area contributed by atoms with Gasteiger partial charge in [-0.25, -0.2) is 0 Å². The summed E-state index contributed by atoms with van der Waals surface area (Å²) in [7, 11) is 0. The summed E-state index contributed by atoms with van der Waals surface area (Å²) in [6.07, 6.45) is 3.84. The van der Waals surface area contributed by atoms with E-state index in [4.69, 9.17) is 10.5 Å². The van der Waals surface area contributed by atoms with Crippen LogP contribution in [-0.4, -0.2) is 29.2 Å². The highest BCUT2D eigenvalue weighted by Crippen LogP contribution is 2.27. The van der Waals surface area contributed by atoms with E-state index in [0.717, 1.165) is 19.3 Å². The minimum absolute atomic E-state index is 0.00343. The van der Waals surface area contributed by atoms with Crippen LogP contribution in [0.4, 0.5) is 0 Å². The molecule has 106 valence electrons. The second-order valence-electron chi connectivity index (χ2n) is 6.36. The van der Waals surface area contributed by atoms with Crippen molar-refractivity contribution in [2.75, 3.05) is 0 Å². The Balaban J connectivity index is 2.57. The molecule has 4 heteroatoms. The van der Waals surface area contributed by atoms with Crippen molar-refractivity contribution in [3.63, 3.8) is 0 Å². The SMILES string of the molecule is CCC(C)(C)OC(C)CC(C)(NC1CC1)C(N)=O. The molecule has 0 aromatic rings. The lowest BCUT2D eigenvalue weighted by Crippen LogP contribution is -2.56. The van der Waals surface area contributed by atoms with E-state index >= 15 is 0 Å². The van der Waals surface area contributed by atoms with E-state index in [1.54, 1.807) is 0 Å². The van der Waals surface area contributed by atoms with Gasteiger partial charge in [-0.05, 0) is 47.0 Å². The van der Waals surface area contributed by atoms with Gasteiger partial charge < -0.3 is 15.8 Å². The molecule has 1 aliphatic carbocycles. The average Bonchev–Trinajstić information content (AvgIpc) is 3.00. The van der Waals surface area contributed by atoms with E-state index in [1.807, 2.05) is 13.8 Å². The van der Waals surface area contributed by atoms with Gasteiger partial charge in [-0.3, -0.25) is 4.79 Å². The third kappa shape index (κ3) is 4.58. The van der Waals surface area contributed by atoms with Gasteiger partial charge in [0.05, 0.1) is 17.2 Å². The average molecular weight is 256 g/mol. The maximum Gasteiger partial charge on any atom is 0.237 e. The van der Waals surface area contributed by atoms with E-state index in [-0.39, 0.29) is 17.6 Å². The molecule has 3 N–H and O–H groups in total. The van der Waals surface area contributed by atoms with Crippen molar-refractivity contribution >= 4 is 5.91 Å². The fourth-order valence-electron chi connectivity index (χ4n) is 2.15. The van der Waals surface area contributed by atoms with E-state index in [1.165, 1.54) is 0 Å². The van der Waals surface area contributed by atoms with E-state index in [9.17, 15) is 4.79 Å². The Kier molecular flexibility index (Phi) is 4.78. The number of hydrogen-bond acceptors (Lipinski definition) is 3. The summed E-state index contributed by atoms with van der Waals surface area (Å²) >= 11 is 0. The van der Waals surface area contributed by atoms with Crippen LogP contribution in [0.15, 0.2) is 0 Å². The first-order chi connectivity index (χ1) is 8.18. The molecule has 18 heavy (non-hydrogen) atoms. The highest BCUT2D eigenvalue weighted by molar-refractivity contribution is 5.84. The van der Waals surface area contributed by atoms with Crippen molar-refractivity contribution in [1.29, 1.82) is 0 Å². The van der Waals surface area contributed by atoms with E-state index in [0.29, 0.717) is 12.5 Å². The van der Waals surface area contributed by atoms with Crippen LogP contribution in [0.5, 0.6) is 0 Å². The van der Waals surface area contributed by atoms with Crippen LogP contribution >= 0.6 is 0 Å². The normalized spacial score (nSPS) is 21.4. The summed E-state index contributed by atoms with van der Waals surface area (Å²) in [6.45, 7) is 10.1. The molecule has 2 atom stereocenters. The molecule has 4 nitrogen and oxygen atoms in total. The van der Waals surface area contributed by atoms with Gasteiger partial charge in [0.25, 0.3) is 0 Å². The second-order valence-corrected chi connectivity index (χ2v) is 6.36. The van der Waals surface area contributed by atoms with Crippen LogP contribution < -0.4 is 11.1 Å². The Hall–Kier alpha value is -0.610. The quantitative estimate of drug-likeness (QED) is 0.698. The third-order valence-corrected chi connectivity index (χ3v) is 3.71. The summed E-state index contributed by atoms with van der Waals surface area (Å²) in [5.41, 5.74) is 4.72. The third-order valence-electron chi connectivity index (χ3n) is 3.71. The Labute approximate surface area is 111 Å². The summed E-state index contributed by atoms with van der Waals surface area (Å²) < 4.78 is 5.99. The van der Waals surface area contributed by atoms with Crippen LogP contribution in [-0.2, 0) is 9.53 Å².